The Morgan fingerprint density at radius 3 is 2.74 bits per heavy atom. The molecule has 6 nitrogen and oxygen atoms in total. The molecule has 0 bridgehead atoms. The van der Waals surface area contributed by atoms with Gasteiger partial charge in [0.1, 0.15) is 11.3 Å². The number of ether oxygens (including phenoxy) is 1. The molecule has 0 aliphatic carbocycles. The van der Waals surface area contributed by atoms with Gasteiger partial charge in [0.25, 0.3) is 5.91 Å². The van der Waals surface area contributed by atoms with Crippen molar-refractivity contribution in [1.29, 1.82) is 0 Å². The number of rotatable bonds is 4. The number of aromatic nitrogens is 1. The zero-order chi connectivity index (χ0) is 22.0. The Labute approximate surface area is 193 Å². The van der Waals surface area contributed by atoms with Crippen molar-refractivity contribution in [2.45, 2.75) is 0 Å². The van der Waals surface area contributed by atoms with Crippen molar-refractivity contribution in [1.82, 2.24) is 10.3 Å². The molecule has 0 radical (unpaired) electrons. The summed E-state index contributed by atoms with van der Waals surface area (Å²) in [6.45, 7) is 0. The lowest BCUT2D eigenvalue weighted by atomic mass is 10.2. The van der Waals surface area contributed by atoms with Crippen molar-refractivity contribution in [2.24, 2.45) is 0 Å². The molecule has 3 aromatic carbocycles. The molecule has 0 aliphatic heterocycles. The van der Waals surface area contributed by atoms with E-state index in [0.29, 0.717) is 33.4 Å². The van der Waals surface area contributed by atoms with Crippen molar-refractivity contribution in [3.05, 3.63) is 76.3 Å². The van der Waals surface area contributed by atoms with Gasteiger partial charge in [0, 0.05) is 22.3 Å². The third kappa shape index (κ3) is 4.80. The van der Waals surface area contributed by atoms with Gasteiger partial charge in [0.2, 0.25) is 5.89 Å². The van der Waals surface area contributed by atoms with Crippen molar-refractivity contribution >= 4 is 63.2 Å². The van der Waals surface area contributed by atoms with Crippen molar-refractivity contribution in [2.75, 3.05) is 12.4 Å². The fraction of sp³-hybridized carbons (Fsp3) is 0.0455. The van der Waals surface area contributed by atoms with E-state index in [0.717, 1.165) is 5.56 Å². The number of hydrogen-bond acceptors (Lipinski definition) is 5. The van der Waals surface area contributed by atoms with Gasteiger partial charge in [-0.15, -0.1) is 0 Å². The number of anilines is 1. The summed E-state index contributed by atoms with van der Waals surface area (Å²) < 4.78 is 11.1. The summed E-state index contributed by atoms with van der Waals surface area (Å²) in [5.74, 6) is 0.685. The average molecular weight is 472 g/mol. The molecule has 0 fully saturated rings. The topological polar surface area (TPSA) is 76.4 Å². The lowest BCUT2D eigenvalue weighted by Crippen LogP contribution is -2.34. The van der Waals surface area contributed by atoms with Crippen LogP contribution in [-0.4, -0.2) is 23.1 Å². The third-order valence-corrected chi connectivity index (χ3v) is 5.13. The maximum Gasteiger partial charge on any atom is 0.258 e. The molecule has 9 heteroatoms. The van der Waals surface area contributed by atoms with Crippen LogP contribution in [0.5, 0.6) is 5.75 Å². The molecule has 0 atom stereocenters. The minimum Gasteiger partial charge on any atom is -0.497 e. The molecule has 156 valence electrons. The minimum atomic E-state index is -0.464. The Balaban J connectivity index is 1.50. The summed E-state index contributed by atoms with van der Waals surface area (Å²) in [5.41, 5.74) is 2.96. The van der Waals surface area contributed by atoms with E-state index in [4.69, 9.17) is 44.6 Å². The van der Waals surface area contributed by atoms with Crippen LogP contribution in [0.1, 0.15) is 10.4 Å². The zero-order valence-electron chi connectivity index (χ0n) is 16.1. The van der Waals surface area contributed by atoms with Crippen LogP contribution in [0.2, 0.25) is 10.0 Å². The highest BCUT2D eigenvalue weighted by Crippen LogP contribution is 2.28. The van der Waals surface area contributed by atoms with Gasteiger partial charge >= 0.3 is 0 Å². The van der Waals surface area contributed by atoms with Gasteiger partial charge in [-0.1, -0.05) is 29.3 Å². The molecule has 1 amide bonds. The monoisotopic (exact) mass is 471 g/mol. The molecule has 4 rings (SSSR count). The van der Waals surface area contributed by atoms with Crippen molar-refractivity contribution in [3.8, 4) is 17.2 Å². The molecule has 0 aliphatic rings. The van der Waals surface area contributed by atoms with Crippen LogP contribution < -0.4 is 15.4 Å². The maximum atomic E-state index is 12.4. The van der Waals surface area contributed by atoms with E-state index in [9.17, 15) is 4.79 Å². The molecule has 0 unspecified atom stereocenters. The second-order valence-electron chi connectivity index (χ2n) is 6.47. The number of amides is 1. The van der Waals surface area contributed by atoms with Crippen LogP contribution in [0, 0.1) is 0 Å². The SMILES string of the molecule is COc1ccc2oc(-c3cccc(NC(=S)NC(=O)c4cc(Cl)ccc4Cl)c3)nc2c1. The summed E-state index contributed by atoms with van der Waals surface area (Å²) in [7, 11) is 1.60. The van der Waals surface area contributed by atoms with E-state index < -0.39 is 5.91 Å². The van der Waals surface area contributed by atoms with Crippen LogP contribution in [0.15, 0.2) is 65.1 Å². The van der Waals surface area contributed by atoms with Gasteiger partial charge in [0.15, 0.2) is 10.7 Å². The molecule has 1 heterocycles. The molecule has 0 saturated carbocycles. The van der Waals surface area contributed by atoms with Gasteiger partial charge in [-0.05, 0) is 60.7 Å². The van der Waals surface area contributed by atoms with E-state index in [1.165, 1.54) is 6.07 Å². The second kappa shape index (κ2) is 8.93. The summed E-state index contributed by atoms with van der Waals surface area (Å²) in [5, 5.41) is 6.35. The number of oxazole rings is 1. The Hall–Kier alpha value is -3.13. The van der Waals surface area contributed by atoms with Crippen LogP contribution >= 0.6 is 35.4 Å². The highest BCUT2D eigenvalue weighted by Gasteiger charge is 2.14. The molecule has 0 spiro atoms. The lowest BCUT2D eigenvalue weighted by molar-refractivity contribution is 0.0978. The fourth-order valence-corrected chi connectivity index (χ4v) is 3.48. The minimum absolute atomic E-state index is 0.112. The Morgan fingerprint density at radius 1 is 1.10 bits per heavy atom. The first-order valence-electron chi connectivity index (χ1n) is 9.05. The molecule has 4 aromatic rings. The summed E-state index contributed by atoms with van der Waals surface area (Å²) in [6.07, 6.45) is 0. The number of fused-ring (bicyclic) bond motifs is 1. The van der Waals surface area contributed by atoms with Crippen LogP contribution in [-0.2, 0) is 0 Å². The number of methoxy groups -OCH3 is 1. The van der Waals surface area contributed by atoms with E-state index >= 15 is 0 Å². The maximum absolute atomic E-state index is 12.4. The highest BCUT2D eigenvalue weighted by molar-refractivity contribution is 7.80. The first-order valence-corrected chi connectivity index (χ1v) is 10.2. The normalized spacial score (nSPS) is 10.7. The zero-order valence-corrected chi connectivity index (χ0v) is 18.4. The standard InChI is InChI=1S/C22H15Cl2N3O3S/c1-29-15-6-8-19-18(11-15)26-21(30-19)12-3-2-4-14(9-12)25-22(31)27-20(28)16-10-13(23)5-7-17(16)24/h2-11H,1H3,(H2,25,27,28,31). The molecule has 2 N–H and O–H groups in total. The third-order valence-electron chi connectivity index (χ3n) is 4.36. The van der Waals surface area contributed by atoms with Crippen LogP contribution in [0.4, 0.5) is 5.69 Å². The van der Waals surface area contributed by atoms with E-state index in [1.807, 2.05) is 24.3 Å². The van der Waals surface area contributed by atoms with E-state index in [2.05, 4.69) is 15.6 Å². The van der Waals surface area contributed by atoms with Crippen LogP contribution in [0.3, 0.4) is 0 Å². The van der Waals surface area contributed by atoms with E-state index in [-0.39, 0.29) is 15.7 Å². The first-order chi connectivity index (χ1) is 14.9. The number of carbonyl (C=O) groups is 1. The molecule has 1 aromatic heterocycles. The number of hydrogen-bond donors (Lipinski definition) is 2. The first kappa shape index (κ1) is 21.1. The summed E-state index contributed by atoms with van der Waals surface area (Å²) in [6, 6.07) is 17.3. The second-order valence-corrected chi connectivity index (χ2v) is 7.72. The number of carbonyl (C=O) groups excluding carboxylic acids is 1. The fourth-order valence-electron chi connectivity index (χ4n) is 2.89. The van der Waals surface area contributed by atoms with Gasteiger partial charge in [0.05, 0.1) is 17.7 Å². The Kier molecular flexibility index (Phi) is 6.08. The molecular formula is C22H15Cl2N3O3S. The Morgan fingerprint density at radius 2 is 1.94 bits per heavy atom. The predicted octanol–water partition coefficient (Wildman–Crippen LogP) is 5.94. The van der Waals surface area contributed by atoms with Crippen LogP contribution in [0.25, 0.3) is 22.6 Å². The summed E-state index contributed by atoms with van der Waals surface area (Å²) >= 11 is 17.3. The van der Waals surface area contributed by atoms with Gasteiger partial charge in [-0.25, -0.2) is 4.98 Å². The lowest BCUT2D eigenvalue weighted by Gasteiger charge is -2.11. The summed E-state index contributed by atoms with van der Waals surface area (Å²) in [4.78, 5) is 17.0. The van der Waals surface area contributed by atoms with Crippen molar-refractivity contribution in [3.63, 3.8) is 0 Å². The molecule has 31 heavy (non-hydrogen) atoms. The Bertz CT molecular complexity index is 1310. The smallest absolute Gasteiger partial charge is 0.258 e. The highest BCUT2D eigenvalue weighted by atomic mass is 35.5. The number of nitrogens with one attached hydrogen (secondary N) is 2. The quantitative estimate of drug-likeness (QED) is 0.358. The van der Waals surface area contributed by atoms with Gasteiger partial charge < -0.3 is 14.5 Å². The number of nitrogens with zero attached hydrogens (tertiary/aromatic N) is 1. The average Bonchev–Trinajstić information content (AvgIpc) is 3.18. The van der Waals surface area contributed by atoms with Crippen molar-refractivity contribution < 1.29 is 13.9 Å². The predicted molar refractivity (Wildman–Crippen MR) is 126 cm³/mol. The molecular weight excluding hydrogens is 457 g/mol. The number of thiocarbonyl (C=S) groups is 1. The van der Waals surface area contributed by atoms with Gasteiger partial charge in [-0.3, -0.25) is 10.1 Å². The number of halogens is 2. The largest absolute Gasteiger partial charge is 0.497 e. The molecule has 0 saturated heterocycles. The number of benzene rings is 3. The van der Waals surface area contributed by atoms with E-state index in [1.54, 1.807) is 37.4 Å². The van der Waals surface area contributed by atoms with Gasteiger partial charge in [-0.2, -0.15) is 0 Å².